The van der Waals surface area contributed by atoms with Crippen LogP contribution in [0, 0.1) is 6.92 Å². The van der Waals surface area contributed by atoms with Crippen molar-refractivity contribution in [3.8, 4) is 22.6 Å². The molecule has 2 aromatic carbocycles. The Morgan fingerprint density at radius 3 is 2.55 bits per heavy atom. The summed E-state index contributed by atoms with van der Waals surface area (Å²) in [5.41, 5.74) is 2.49. The molecule has 4 aromatic rings. The molecule has 2 heterocycles. The van der Waals surface area contributed by atoms with Gasteiger partial charge in [0.15, 0.2) is 11.5 Å². The molecule has 0 spiro atoms. The fraction of sp³-hybridized carbons (Fsp3) is 0.136. The van der Waals surface area contributed by atoms with Crippen molar-refractivity contribution < 1.29 is 9.47 Å². The Morgan fingerprint density at radius 1 is 1.07 bits per heavy atom. The molecule has 0 atom stereocenters. The summed E-state index contributed by atoms with van der Waals surface area (Å²) in [6, 6.07) is 15.3. The first-order valence-electron chi connectivity index (χ1n) is 8.95. The van der Waals surface area contributed by atoms with Crippen LogP contribution in [0.2, 0.25) is 0 Å². The first-order valence-corrected chi connectivity index (χ1v) is 9.76. The number of fused-ring (bicyclic) bond motifs is 1. The van der Waals surface area contributed by atoms with Gasteiger partial charge in [0, 0.05) is 10.4 Å². The highest BCUT2D eigenvalue weighted by molar-refractivity contribution is 7.19. The van der Waals surface area contributed by atoms with E-state index < -0.39 is 0 Å². The summed E-state index contributed by atoms with van der Waals surface area (Å²) in [4.78, 5) is 19.4. The molecule has 0 fully saturated rings. The van der Waals surface area contributed by atoms with E-state index in [-0.39, 0.29) is 5.56 Å². The van der Waals surface area contributed by atoms with Gasteiger partial charge in [0.25, 0.3) is 5.56 Å². The van der Waals surface area contributed by atoms with Gasteiger partial charge in [-0.2, -0.15) is 9.78 Å². The Kier molecular flexibility index (Phi) is 5.14. The normalized spacial score (nSPS) is 11.3. The summed E-state index contributed by atoms with van der Waals surface area (Å²) in [6.45, 7) is 2.01. The average Bonchev–Trinajstić information content (AvgIpc) is 3.10. The van der Waals surface area contributed by atoms with Gasteiger partial charge in [-0.1, -0.05) is 30.3 Å². The van der Waals surface area contributed by atoms with Crippen LogP contribution in [0.1, 0.15) is 10.4 Å². The van der Waals surface area contributed by atoms with E-state index >= 15 is 0 Å². The predicted octanol–water partition coefficient (Wildman–Crippen LogP) is 4.33. The number of benzene rings is 2. The van der Waals surface area contributed by atoms with E-state index in [1.54, 1.807) is 32.6 Å². The van der Waals surface area contributed by atoms with Crippen molar-refractivity contribution >= 4 is 27.8 Å². The van der Waals surface area contributed by atoms with Crippen LogP contribution in [-0.2, 0) is 0 Å². The van der Waals surface area contributed by atoms with E-state index in [1.165, 1.54) is 22.3 Å². The molecule has 0 saturated carbocycles. The van der Waals surface area contributed by atoms with Crippen LogP contribution in [-0.4, -0.2) is 30.1 Å². The van der Waals surface area contributed by atoms with Crippen LogP contribution >= 0.6 is 11.3 Å². The number of aromatic nitrogens is 2. The maximum absolute atomic E-state index is 13.2. The Hall–Kier alpha value is -3.45. The van der Waals surface area contributed by atoms with Gasteiger partial charge >= 0.3 is 0 Å². The van der Waals surface area contributed by atoms with Gasteiger partial charge in [-0.25, -0.2) is 4.98 Å². The van der Waals surface area contributed by atoms with Crippen LogP contribution in [0.15, 0.2) is 64.8 Å². The quantitative estimate of drug-likeness (QED) is 0.464. The smallest absolute Gasteiger partial charge is 0.283 e. The minimum atomic E-state index is -0.199. The van der Waals surface area contributed by atoms with Crippen LogP contribution in [0.3, 0.4) is 0 Å². The van der Waals surface area contributed by atoms with E-state index in [0.29, 0.717) is 21.7 Å². The highest BCUT2D eigenvalue weighted by Crippen LogP contribution is 2.35. The molecule has 7 heteroatoms. The minimum absolute atomic E-state index is 0.199. The molecule has 6 nitrogen and oxygen atoms in total. The topological polar surface area (TPSA) is 65.7 Å². The standard InChI is InChI=1S/C22H19N3O3S/c1-14-19(16-7-5-4-6-8-16)20-21(29-14)23-13-25(22(20)26)24-12-15-9-10-17(27-2)18(11-15)28-3/h4-13H,1-3H3. The lowest BCUT2D eigenvalue weighted by Gasteiger charge is -2.07. The third kappa shape index (κ3) is 3.52. The molecule has 0 saturated heterocycles. The summed E-state index contributed by atoms with van der Waals surface area (Å²) in [5.74, 6) is 1.23. The number of hydrogen-bond acceptors (Lipinski definition) is 6. The van der Waals surface area contributed by atoms with Crippen molar-refractivity contribution in [1.82, 2.24) is 9.66 Å². The predicted molar refractivity (Wildman–Crippen MR) is 117 cm³/mol. The van der Waals surface area contributed by atoms with Crippen molar-refractivity contribution in [2.75, 3.05) is 14.2 Å². The largest absolute Gasteiger partial charge is 0.493 e. The van der Waals surface area contributed by atoms with Crippen molar-refractivity contribution in [1.29, 1.82) is 0 Å². The highest BCUT2D eigenvalue weighted by Gasteiger charge is 2.16. The maximum atomic E-state index is 13.2. The van der Waals surface area contributed by atoms with Gasteiger partial charge in [-0.15, -0.1) is 11.3 Å². The van der Waals surface area contributed by atoms with Crippen LogP contribution < -0.4 is 15.0 Å². The highest BCUT2D eigenvalue weighted by atomic mass is 32.1. The van der Waals surface area contributed by atoms with E-state index in [4.69, 9.17) is 9.47 Å². The average molecular weight is 405 g/mol. The summed E-state index contributed by atoms with van der Waals surface area (Å²) in [7, 11) is 3.16. The van der Waals surface area contributed by atoms with Gasteiger partial charge in [-0.05, 0) is 36.2 Å². The van der Waals surface area contributed by atoms with Crippen molar-refractivity contribution in [2.24, 2.45) is 5.10 Å². The zero-order valence-electron chi connectivity index (χ0n) is 16.2. The minimum Gasteiger partial charge on any atom is -0.493 e. The molecule has 2 aromatic heterocycles. The first-order chi connectivity index (χ1) is 14.1. The van der Waals surface area contributed by atoms with Crippen molar-refractivity contribution in [3.05, 3.63) is 75.7 Å². The number of rotatable bonds is 5. The Labute approximate surface area is 171 Å². The number of hydrogen-bond donors (Lipinski definition) is 0. The van der Waals surface area contributed by atoms with E-state index in [1.807, 2.05) is 43.3 Å². The Balaban J connectivity index is 1.79. The summed E-state index contributed by atoms with van der Waals surface area (Å²) in [6.07, 6.45) is 3.05. The molecule has 0 amide bonds. The summed E-state index contributed by atoms with van der Waals surface area (Å²) < 4.78 is 11.8. The molecule has 0 bridgehead atoms. The van der Waals surface area contributed by atoms with Gasteiger partial charge in [0.05, 0.1) is 25.8 Å². The first kappa shape index (κ1) is 18.9. The second-order valence-corrected chi connectivity index (χ2v) is 7.54. The SMILES string of the molecule is COc1ccc(C=Nn2cnc3sc(C)c(-c4ccccc4)c3c2=O)cc1OC. The molecular weight excluding hydrogens is 386 g/mol. The molecule has 29 heavy (non-hydrogen) atoms. The molecule has 4 rings (SSSR count). The molecule has 0 unspecified atom stereocenters. The second kappa shape index (κ2) is 7.89. The van der Waals surface area contributed by atoms with Crippen molar-refractivity contribution in [2.45, 2.75) is 6.92 Å². The fourth-order valence-corrected chi connectivity index (χ4v) is 4.19. The maximum Gasteiger partial charge on any atom is 0.283 e. The number of methoxy groups -OCH3 is 2. The molecule has 146 valence electrons. The molecule has 0 aliphatic rings. The van der Waals surface area contributed by atoms with Gasteiger partial charge in [0.2, 0.25) is 0 Å². The lowest BCUT2D eigenvalue weighted by molar-refractivity contribution is 0.355. The lowest BCUT2D eigenvalue weighted by Crippen LogP contribution is -2.16. The fourth-order valence-electron chi connectivity index (χ4n) is 3.19. The zero-order valence-corrected chi connectivity index (χ0v) is 17.1. The van der Waals surface area contributed by atoms with Crippen LogP contribution in [0.5, 0.6) is 11.5 Å². The molecule has 0 aliphatic carbocycles. The summed E-state index contributed by atoms with van der Waals surface area (Å²) in [5, 5.41) is 4.91. The number of aryl methyl sites for hydroxylation is 1. The van der Waals surface area contributed by atoms with Gasteiger partial charge in [-0.3, -0.25) is 4.79 Å². The molecule has 0 N–H and O–H groups in total. The zero-order chi connectivity index (χ0) is 20.4. The van der Waals surface area contributed by atoms with E-state index in [0.717, 1.165) is 21.6 Å². The van der Waals surface area contributed by atoms with Crippen LogP contribution in [0.25, 0.3) is 21.3 Å². The van der Waals surface area contributed by atoms with E-state index in [2.05, 4.69) is 10.1 Å². The lowest BCUT2D eigenvalue weighted by atomic mass is 10.0. The van der Waals surface area contributed by atoms with Gasteiger partial charge in [0.1, 0.15) is 11.2 Å². The van der Waals surface area contributed by atoms with Gasteiger partial charge < -0.3 is 9.47 Å². The summed E-state index contributed by atoms with van der Waals surface area (Å²) >= 11 is 1.51. The Morgan fingerprint density at radius 2 is 1.83 bits per heavy atom. The number of ether oxygens (including phenoxy) is 2. The van der Waals surface area contributed by atoms with Crippen LogP contribution in [0.4, 0.5) is 0 Å². The third-order valence-electron chi connectivity index (χ3n) is 4.57. The Bertz CT molecular complexity index is 1260. The van der Waals surface area contributed by atoms with E-state index in [9.17, 15) is 4.79 Å². The second-order valence-electron chi connectivity index (χ2n) is 6.33. The molecular formula is C22H19N3O3S. The van der Waals surface area contributed by atoms with Crippen molar-refractivity contribution in [3.63, 3.8) is 0 Å². The molecule has 0 aliphatic heterocycles. The number of nitrogens with zero attached hydrogens (tertiary/aromatic N) is 3. The monoisotopic (exact) mass is 405 g/mol. The third-order valence-corrected chi connectivity index (χ3v) is 5.59. The molecule has 0 radical (unpaired) electrons. The number of thiophene rings is 1.